The maximum atomic E-state index is 12.8. The first-order chi connectivity index (χ1) is 45.8. The number of carbonyl (C=O) groups is 4. The Morgan fingerprint density at radius 2 is 0.776 bits per heavy atom. The zero-order chi connectivity index (χ0) is 73.3. The van der Waals surface area contributed by atoms with E-state index in [0.29, 0.717) is 0 Å². The molecule has 0 aromatic rings. The summed E-state index contributed by atoms with van der Waals surface area (Å²) in [6, 6.07) is -7.50. The van der Waals surface area contributed by atoms with Crippen molar-refractivity contribution in [1.29, 1.82) is 0 Å². The predicted octanol–water partition coefficient (Wildman–Crippen LogP) is -16.4. The fraction of sp³-hybridized carbons (Fsp3) is 0.920. The third kappa shape index (κ3) is 21.1. The van der Waals surface area contributed by atoms with E-state index in [9.17, 15) is 128 Å². The summed E-state index contributed by atoms with van der Waals surface area (Å²) < 4.78 is 141. The lowest BCUT2D eigenvalue weighted by Crippen LogP contribution is -2.70. The molecule has 98 heavy (non-hydrogen) atoms. The van der Waals surface area contributed by atoms with E-state index in [1.807, 2.05) is 0 Å². The van der Waals surface area contributed by atoms with Gasteiger partial charge >= 0.3 is 20.8 Å². The van der Waals surface area contributed by atoms with Crippen molar-refractivity contribution in [2.24, 2.45) is 0 Å². The topological polar surface area (TPSA) is 719 Å². The van der Waals surface area contributed by atoms with Gasteiger partial charge in [0, 0.05) is 27.7 Å². The predicted molar refractivity (Wildman–Crippen MR) is 301 cm³/mol. The van der Waals surface area contributed by atoms with Gasteiger partial charge in [0.25, 0.3) is 0 Å². The highest BCUT2D eigenvalue weighted by Crippen LogP contribution is 2.37. The summed E-state index contributed by atoms with van der Waals surface area (Å²) in [5, 5.41) is 207. The molecule has 34 unspecified atom stereocenters. The minimum Gasteiger partial charge on any atom is -0.394 e. The summed E-state index contributed by atoms with van der Waals surface area (Å²) in [5.74, 6) is -3.76. The molecule has 6 fully saturated rings. The average molecular weight is 1480 g/mol. The van der Waals surface area contributed by atoms with Crippen LogP contribution in [0.4, 0.5) is 0 Å². The van der Waals surface area contributed by atoms with E-state index in [2.05, 4.69) is 29.6 Å². The molecule has 6 saturated heterocycles. The van der Waals surface area contributed by atoms with Crippen molar-refractivity contribution in [2.75, 3.05) is 52.9 Å². The molecule has 570 valence electrons. The molecule has 0 spiro atoms. The highest BCUT2D eigenvalue weighted by molar-refractivity contribution is 7.81. The summed E-state index contributed by atoms with van der Waals surface area (Å²) in [6.45, 7) is -5.52. The summed E-state index contributed by atoms with van der Waals surface area (Å²) in [5.41, 5.74) is 0. The molecular weight excluding hydrogens is 1390 g/mol. The summed E-state index contributed by atoms with van der Waals surface area (Å²) in [7, 11) is -10.4. The first-order valence-electron chi connectivity index (χ1n) is 29.8. The lowest BCUT2D eigenvalue weighted by atomic mass is 9.94. The van der Waals surface area contributed by atoms with Gasteiger partial charge in [0.1, 0.15) is 165 Å². The van der Waals surface area contributed by atoms with Gasteiger partial charge in [0.2, 0.25) is 23.6 Å². The first kappa shape index (κ1) is 83.4. The molecule has 0 aromatic heterocycles. The molecule has 34 atom stereocenters. The van der Waals surface area contributed by atoms with Crippen molar-refractivity contribution in [3.8, 4) is 0 Å². The van der Waals surface area contributed by atoms with Crippen molar-refractivity contribution in [1.82, 2.24) is 21.3 Å². The van der Waals surface area contributed by atoms with Gasteiger partial charge in [-0.1, -0.05) is 0 Å². The first-order valence-corrected chi connectivity index (χ1v) is 32.6. The van der Waals surface area contributed by atoms with E-state index in [1.54, 1.807) is 0 Å². The Morgan fingerprint density at radius 3 is 1.19 bits per heavy atom. The second kappa shape index (κ2) is 36.2. The number of hydrogen-bond acceptors (Lipinski definition) is 40. The second-order valence-corrected chi connectivity index (χ2v) is 25.6. The van der Waals surface area contributed by atoms with Crippen molar-refractivity contribution in [3.05, 3.63) is 0 Å². The second-order valence-electron chi connectivity index (χ2n) is 23.4. The summed E-state index contributed by atoms with van der Waals surface area (Å²) >= 11 is 0. The Hall–Kier alpha value is -3.58. The van der Waals surface area contributed by atoms with Gasteiger partial charge in [-0.3, -0.25) is 28.3 Å². The highest BCUT2D eigenvalue weighted by Gasteiger charge is 2.58. The number of hydrogen-bond donors (Lipinski definition) is 24. The number of ether oxygens (including phenoxy) is 12. The number of nitrogens with one attached hydrogen (secondary N) is 4. The van der Waals surface area contributed by atoms with Crippen LogP contribution in [0.5, 0.6) is 0 Å². The molecule has 24 N–H and O–H groups in total. The average Bonchev–Trinajstić information content (AvgIpc) is 0.839. The minimum atomic E-state index is -5.20. The van der Waals surface area contributed by atoms with Gasteiger partial charge in [-0.15, -0.1) is 0 Å². The zero-order valence-electron chi connectivity index (χ0n) is 52.0. The van der Waals surface area contributed by atoms with E-state index in [0.717, 1.165) is 27.7 Å². The number of amides is 4. The molecule has 6 rings (SSSR count). The lowest BCUT2D eigenvalue weighted by Gasteiger charge is -2.50. The molecule has 6 aliphatic rings. The lowest BCUT2D eigenvalue weighted by molar-refractivity contribution is -0.377. The van der Waals surface area contributed by atoms with E-state index in [4.69, 9.17) is 65.9 Å². The Morgan fingerprint density at radius 1 is 0.408 bits per heavy atom. The van der Waals surface area contributed by atoms with Crippen LogP contribution in [0.2, 0.25) is 0 Å². The molecule has 4 amide bonds. The normalized spacial score (nSPS) is 41.6. The summed E-state index contributed by atoms with van der Waals surface area (Å²) in [4.78, 5) is 50.8. The maximum Gasteiger partial charge on any atom is 0.397 e. The van der Waals surface area contributed by atoms with Gasteiger partial charge in [-0.25, -0.2) is 8.37 Å². The SMILES string of the molecule is CC(=O)NC(CO)C(OC1OC(CO)C(O)C(OC2OC(COS(=O)(=O)O)C(O)C(O)C2O)C1NC(C)=O)C(O)C(O)COC1OC(CO)C(OC2OC(CO)C(O)C(OC3OC(CO)C(O)C(OC4OC(COS(=O)(=O)O)C(O)C(O)C4O)C3NC(C)=O)C2O)C(O)C1NC(C)=O. The minimum absolute atomic E-state index is 0.913. The van der Waals surface area contributed by atoms with Crippen LogP contribution < -0.4 is 21.3 Å². The fourth-order valence-corrected chi connectivity index (χ4v) is 12.0. The molecule has 46 nitrogen and oxygen atoms in total. The van der Waals surface area contributed by atoms with Gasteiger partial charge in [0.05, 0.1) is 58.9 Å². The molecule has 6 aliphatic heterocycles. The van der Waals surface area contributed by atoms with E-state index in [1.165, 1.54) is 0 Å². The van der Waals surface area contributed by atoms with Gasteiger partial charge in [0.15, 0.2) is 37.7 Å². The quantitative estimate of drug-likeness (QED) is 0.0287. The van der Waals surface area contributed by atoms with Crippen molar-refractivity contribution < 1.29 is 202 Å². The Kier molecular flexibility index (Phi) is 30.8. The number of aliphatic hydroxyl groups excluding tert-OH is 18. The molecule has 48 heteroatoms. The van der Waals surface area contributed by atoms with Crippen molar-refractivity contribution >= 4 is 44.4 Å². The standard InChI is InChI=1S/C50H86N4O42S2/c1-13(60)51-17(5-55)40(92-46-26(53-15(3)62)42(31(68)19(6-56)86-46)94-48-37(74)35(72)29(66)23(90-48)11-84-97(77,78)79)28(65)18(64)10-83-45-25(52-14(2)61)34(71)41(22(9-59)89-45)93-50-39(76)44(33(70)21(8-58)88-50)96-47-27(54-16(4)63)43(32(69)20(7-57)87-47)95-49-38(75)36(73)30(67)24(91-49)12-85-98(80,81)82/h17-50,55-59,64-76H,5-12H2,1-4H3,(H,51,60)(H,52,61)(H,53,62)(H,54,63)(H,77,78,79)(H,80,81,82). The fourth-order valence-electron chi connectivity index (χ4n) is 11.4. The molecule has 0 bridgehead atoms. The van der Waals surface area contributed by atoms with Crippen molar-refractivity contribution in [3.63, 3.8) is 0 Å². The molecule has 0 saturated carbocycles. The van der Waals surface area contributed by atoms with Crippen molar-refractivity contribution in [2.45, 2.75) is 236 Å². The Balaban J connectivity index is 1.22. The Bertz CT molecular complexity index is 2790. The van der Waals surface area contributed by atoms with Gasteiger partial charge < -0.3 is 170 Å². The zero-order valence-corrected chi connectivity index (χ0v) is 53.7. The van der Waals surface area contributed by atoms with E-state index in [-0.39, 0.29) is 0 Å². The number of aliphatic hydroxyl groups is 18. The van der Waals surface area contributed by atoms with E-state index < -0.39 is 306 Å². The molecular formula is C50H86N4O42S2. The van der Waals surface area contributed by atoms with Crippen LogP contribution in [0.1, 0.15) is 27.7 Å². The molecule has 6 heterocycles. The molecule has 0 aliphatic carbocycles. The van der Waals surface area contributed by atoms with Gasteiger partial charge in [-0.2, -0.15) is 16.8 Å². The number of carbonyl (C=O) groups excluding carboxylic acids is 4. The largest absolute Gasteiger partial charge is 0.397 e. The van der Waals surface area contributed by atoms with Crippen LogP contribution in [-0.4, -0.2) is 403 Å². The highest BCUT2D eigenvalue weighted by atomic mass is 32.3. The van der Waals surface area contributed by atoms with Crippen LogP contribution in [0.15, 0.2) is 0 Å². The smallest absolute Gasteiger partial charge is 0.394 e. The number of rotatable bonds is 31. The third-order valence-corrected chi connectivity index (χ3v) is 17.1. The maximum absolute atomic E-state index is 12.8. The Labute approximate surface area is 555 Å². The molecule has 0 aromatic carbocycles. The van der Waals surface area contributed by atoms with Crippen LogP contribution in [0.3, 0.4) is 0 Å². The van der Waals surface area contributed by atoms with Crippen LogP contribution in [-0.2, 0) is 105 Å². The van der Waals surface area contributed by atoms with E-state index >= 15 is 0 Å². The van der Waals surface area contributed by atoms with Crippen LogP contribution in [0.25, 0.3) is 0 Å². The third-order valence-electron chi connectivity index (χ3n) is 16.2. The van der Waals surface area contributed by atoms with Crippen LogP contribution >= 0.6 is 0 Å². The summed E-state index contributed by atoms with van der Waals surface area (Å²) in [6.07, 6.45) is -63.3. The van der Waals surface area contributed by atoms with Crippen LogP contribution in [0, 0.1) is 0 Å². The molecule has 0 radical (unpaired) electrons. The van der Waals surface area contributed by atoms with Gasteiger partial charge in [-0.05, 0) is 0 Å². The monoisotopic (exact) mass is 1480 g/mol.